The number of benzene rings is 1. The van der Waals surface area contributed by atoms with E-state index in [1.807, 2.05) is 0 Å². The van der Waals surface area contributed by atoms with Gasteiger partial charge in [0, 0.05) is 11.4 Å². The molecule has 0 saturated heterocycles. The SMILES string of the molecule is NC1=CCC(S(=O)(=O)O)C=C1.Nc1ccc(N)c(S(=O)(=O)O)c1. The number of rotatable bonds is 2. The van der Waals surface area contributed by atoms with E-state index >= 15 is 0 Å². The molecule has 0 bridgehead atoms. The van der Waals surface area contributed by atoms with Gasteiger partial charge in [0.05, 0.1) is 5.69 Å². The second-order valence-electron chi connectivity index (χ2n) is 4.62. The van der Waals surface area contributed by atoms with Crippen LogP contribution in [0.2, 0.25) is 0 Å². The fraction of sp³-hybridized carbons (Fsp3) is 0.167. The van der Waals surface area contributed by atoms with Crippen LogP contribution in [0, 0.1) is 0 Å². The van der Waals surface area contributed by atoms with Crippen LogP contribution in [-0.2, 0) is 20.2 Å². The smallest absolute Gasteiger partial charge is 0.296 e. The van der Waals surface area contributed by atoms with E-state index in [1.165, 1.54) is 24.3 Å². The molecule has 1 aliphatic rings. The van der Waals surface area contributed by atoms with Gasteiger partial charge in [-0.05, 0) is 30.7 Å². The molecule has 0 heterocycles. The van der Waals surface area contributed by atoms with Gasteiger partial charge in [0.25, 0.3) is 20.2 Å². The van der Waals surface area contributed by atoms with Crippen LogP contribution in [0.4, 0.5) is 11.4 Å². The van der Waals surface area contributed by atoms with Gasteiger partial charge in [-0.1, -0.05) is 12.2 Å². The van der Waals surface area contributed by atoms with E-state index in [2.05, 4.69) is 0 Å². The molecule has 1 unspecified atom stereocenters. The molecule has 0 spiro atoms. The molecule has 1 aromatic rings. The summed E-state index contributed by atoms with van der Waals surface area (Å²) in [5.41, 5.74) is 16.7. The molecule has 0 saturated carbocycles. The quantitative estimate of drug-likeness (QED) is 0.360. The molecule has 0 aromatic heterocycles. The number of anilines is 2. The Hall–Kier alpha value is -2.08. The Labute approximate surface area is 134 Å². The molecule has 0 fully saturated rings. The summed E-state index contributed by atoms with van der Waals surface area (Å²) in [5, 5.41) is -0.824. The van der Waals surface area contributed by atoms with E-state index in [4.69, 9.17) is 26.3 Å². The number of hydrogen-bond donors (Lipinski definition) is 5. The van der Waals surface area contributed by atoms with Crippen molar-refractivity contribution >= 4 is 31.6 Å². The van der Waals surface area contributed by atoms with E-state index in [0.717, 1.165) is 6.07 Å². The van der Waals surface area contributed by atoms with E-state index in [9.17, 15) is 16.8 Å². The molecule has 0 aliphatic heterocycles. The predicted octanol–water partition coefficient (Wildman–Crippen LogP) is 0.143. The van der Waals surface area contributed by atoms with Crippen molar-refractivity contribution < 1.29 is 25.9 Å². The highest BCUT2D eigenvalue weighted by atomic mass is 32.2. The zero-order chi connectivity index (χ0) is 17.8. The summed E-state index contributed by atoms with van der Waals surface area (Å²) < 4.78 is 59.5. The molecule has 128 valence electrons. The van der Waals surface area contributed by atoms with E-state index in [1.54, 1.807) is 6.08 Å². The predicted molar refractivity (Wildman–Crippen MR) is 86.4 cm³/mol. The Kier molecular flexibility index (Phi) is 5.77. The second-order valence-corrected chi connectivity index (χ2v) is 7.65. The molecule has 2 rings (SSSR count). The number of nitrogen functional groups attached to an aromatic ring is 2. The summed E-state index contributed by atoms with van der Waals surface area (Å²) >= 11 is 0. The van der Waals surface area contributed by atoms with Gasteiger partial charge in [-0.2, -0.15) is 16.8 Å². The van der Waals surface area contributed by atoms with Gasteiger partial charge >= 0.3 is 0 Å². The van der Waals surface area contributed by atoms with Crippen LogP contribution >= 0.6 is 0 Å². The standard InChI is InChI=1S/C6H8N2O3S.C6H9NO3S/c7-4-1-2-5(8)6(3-4)12(9,10)11;7-5-1-3-6(4-2-5)11(8,9)10/h1-3H,7-8H2,(H,9,10,11);1-3,6H,4,7H2,(H,8,9,10). The molecule has 1 atom stereocenters. The third-order valence-corrected chi connectivity index (χ3v) is 4.81. The van der Waals surface area contributed by atoms with Crippen molar-refractivity contribution in [3.8, 4) is 0 Å². The van der Waals surface area contributed by atoms with Gasteiger partial charge in [-0.25, -0.2) is 0 Å². The highest BCUT2D eigenvalue weighted by Gasteiger charge is 2.20. The van der Waals surface area contributed by atoms with E-state index in [0.29, 0.717) is 5.70 Å². The summed E-state index contributed by atoms with van der Waals surface area (Å²) in [6.45, 7) is 0. The van der Waals surface area contributed by atoms with Crippen LogP contribution in [0.1, 0.15) is 6.42 Å². The lowest BCUT2D eigenvalue weighted by molar-refractivity contribution is 0.474. The van der Waals surface area contributed by atoms with Crippen LogP contribution in [0.5, 0.6) is 0 Å². The molecule has 9 nitrogen and oxygen atoms in total. The molecule has 1 aromatic carbocycles. The normalized spacial score (nSPS) is 17.8. The van der Waals surface area contributed by atoms with Crippen molar-refractivity contribution in [1.29, 1.82) is 0 Å². The first-order valence-corrected chi connectivity index (χ1v) is 9.08. The lowest BCUT2D eigenvalue weighted by Gasteiger charge is -2.10. The fourth-order valence-electron chi connectivity index (χ4n) is 1.61. The van der Waals surface area contributed by atoms with Crippen LogP contribution < -0.4 is 17.2 Å². The monoisotopic (exact) mass is 363 g/mol. The fourth-order valence-corrected chi connectivity index (χ4v) is 2.88. The molecule has 1 aliphatic carbocycles. The van der Waals surface area contributed by atoms with Gasteiger partial charge in [0.15, 0.2) is 0 Å². The Morgan fingerprint density at radius 2 is 1.65 bits per heavy atom. The Balaban J connectivity index is 0.000000231. The van der Waals surface area contributed by atoms with Crippen LogP contribution in [0.15, 0.2) is 47.0 Å². The third kappa shape index (κ3) is 5.90. The average Bonchev–Trinajstić information content (AvgIpc) is 2.40. The molecular weight excluding hydrogens is 346 g/mol. The third-order valence-electron chi connectivity index (χ3n) is 2.79. The van der Waals surface area contributed by atoms with E-state index < -0.39 is 25.5 Å². The Morgan fingerprint density at radius 3 is 2.04 bits per heavy atom. The minimum atomic E-state index is -4.26. The Morgan fingerprint density at radius 1 is 1.04 bits per heavy atom. The van der Waals surface area contributed by atoms with Gasteiger partial charge in [0.1, 0.15) is 10.1 Å². The van der Waals surface area contributed by atoms with Crippen molar-refractivity contribution in [2.45, 2.75) is 16.6 Å². The maximum atomic E-state index is 10.6. The molecule has 0 amide bonds. The minimum Gasteiger partial charge on any atom is -0.399 e. The lowest BCUT2D eigenvalue weighted by atomic mass is 10.1. The van der Waals surface area contributed by atoms with E-state index in [-0.39, 0.29) is 22.7 Å². The van der Waals surface area contributed by atoms with Crippen molar-refractivity contribution in [3.05, 3.63) is 42.1 Å². The summed E-state index contributed by atoms with van der Waals surface area (Å²) in [4.78, 5) is -0.359. The Bertz CT molecular complexity index is 844. The minimum absolute atomic E-state index is 0.0216. The van der Waals surface area contributed by atoms with Crippen molar-refractivity contribution in [2.24, 2.45) is 5.73 Å². The maximum Gasteiger partial charge on any atom is 0.296 e. The van der Waals surface area contributed by atoms with Gasteiger partial charge < -0.3 is 17.2 Å². The average molecular weight is 363 g/mol. The van der Waals surface area contributed by atoms with Crippen LogP contribution in [0.3, 0.4) is 0 Å². The highest BCUT2D eigenvalue weighted by molar-refractivity contribution is 7.86. The molecule has 11 heteroatoms. The number of allylic oxidation sites excluding steroid dienone is 2. The van der Waals surface area contributed by atoms with Crippen LogP contribution in [0.25, 0.3) is 0 Å². The number of nitrogens with two attached hydrogens (primary N) is 3. The topological polar surface area (TPSA) is 187 Å². The second kappa shape index (κ2) is 7.00. The molecule has 8 N–H and O–H groups in total. The summed E-state index contributed by atoms with van der Waals surface area (Å²) in [6.07, 6.45) is 4.67. The van der Waals surface area contributed by atoms with Crippen molar-refractivity contribution in [1.82, 2.24) is 0 Å². The summed E-state index contributed by atoms with van der Waals surface area (Å²) in [7, 11) is -8.20. The van der Waals surface area contributed by atoms with Crippen molar-refractivity contribution in [2.75, 3.05) is 11.5 Å². The lowest BCUT2D eigenvalue weighted by Crippen LogP contribution is -2.19. The van der Waals surface area contributed by atoms with Gasteiger partial charge in [-0.15, -0.1) is 0 Å². The molecular formula is C12H17N3O6S2. The van der Waals surface area contributed by atoms with Gasteiger partial charge in [-0.3, -0.25) is 9.11 Å². The highest BCUT2D eigenvalue weighted by Crippen LogP contribution is 2.20. The number of hydrogen-bond acceptors (Lipinski definition) is 7. The summed E-state index contributed by atoms with van der Waals surface area (Å²) in [5.74, 6) is 0. The largest absolute Gasteiger partial charge is 0.399 e. The summed E-state index contributed by atoms with van der Waals surface area (Å²) in [6, 6.07) is 3.87. The first-order valence-electron chi connectivity index (χ1n) is 6.14. The molecule has 0 radical (unpaired) electrons. The maximum absolute atomic E-state index is 10.6. The molecule has 23 heavy (non-hydrogen) atoms. The van der Waals surface area contributed by atoms with Gasteiger partial charge in [0.2, 0.25) is 0 Å². The zero-order valence-corrected chi connectivity index (χ0v) is 13.5. The zero-order valence-electron chi connectivity index (χ0n) is 11.8. The van der Waals surface area contributed by atoms with Crippen molar-refractivity contribution in [3.63, 3.8) is 0 Å². The first-order chi connectivity index (χ1) is 10.4. The van der Waals surface area contributed by atoms with Crippen LogP contribution in [-0.4, -0.2) is 31.2 Å². The first kappa shape index (κ1) is 19.0.